The highest BCUT2D eigenvalue weighted by Gasteiger charge is 2.42. The fraction of sp³-hybridized carbons (Fsp3) is 0.474. The van der Waals surface area contributed by atoms with Gasteiger partial charge in [0, 0.05) is 25.2 Å². The number of likely N-dealkylation sites (tertiary alicyclic amines) is 1. The summed E-state index contributed by atoms with van der Waals surface area (Å²) in [7, 11) is 0. The number of rotatable bonds is 2. The highest BCUT2D eigenvalue weighted by atomic mass is 19.4. The van der Waals surface area contributed by atoms with E-state index in [2.05, 4.69) is 10.4 Å². The molecular formula is C19H21F3N4O. The quantitative estimate of drug-likeness (QED) is 0.873. The Morgan fingerprint density at radius 2 is 1.93 bits per heavy atom. The fourth-order valence-electron chi connectivity index (χ4n) is 4.06. The monoisotopic (exact) mass is 378 g/mol. The maximum absolute atomic E-state index is 13.9. The number of aromatic nitrogens is 2. The van der Waals surface area contributed by atoms with E-state index in [0.29, 0.717) is 30.4 Å². The van der Waals surface area contributed by atoms with Crippen LogP contribution < -0.4 is 5.32 Å². The number of nitrogens with zero attached hydrogens (tertiary/aromatic N) is 3. The van der Waals surface area contributed by atoms with Gasteiger partial charge in [0.1, 0.15) is 0 Å². The zero-order valence-electron chi connectivity index (χ0n) is 15.0. The lowest BCUT2D eigenvalue weighted by Gasteiger charge is -2.24. The minimum atomic E-state index is -4.69. The van der Waals surface area contributed by atoms with Crippen molar-refractivity contribution in [3.63, 3.8) is 0 Å². The molecule has 27 heavy (non-hydrogen) atoms. The number of nitrogens with one attached hydrogen (secondary N) is 1. The van der Waals surface area contributed by atoms with E-state index in [-0.39, 0.29) is 11.6 Å². The molecule has 2 aromatic rings. The molecule has 0 radical (unpaired) electrons. The van der Waals surface area contributed by atoms with Crippen molar-refractivity contribution in [2.24, 2.45) is 0 Å². The first-order valence-electron chi connectivity index (χ1n) is 9.11. The summed E-state index contributed by atoms with van der Waals surface area (Å²) in [5.41, 5.74) is -0.422. The molecule has 4 rings (SSSR count). The second-order valence-corrected chi connectivity index (χ2v) is 7.28. The second kappa shape index (κ2) is 6.67. The van der Waals surface area contributed by atoms with Gasteiger partial charge in [0.25, 0.3) is 5.91 Å². The SMILES string of the molecule is Cc1ccccc1-n1ncc(C(=O)N2CCC3CCC(C2)N3)c1C(F)(F)F. The predicted molar refractivity (Wildman–Crippen MR) is 93.8 cm³/mol. The zero-order valence-corrected chi connectivity index (χ0v) is 15.0. The van der Waals surface area contributed by atoms with Crippen LogP contribution in [0, 0.1) is 6.92 Å². The van der Waals surface area contributed by atoms with E-state index in [9.17, 15) is 18.0 Å². The summed E-state index contributed by atoms with van der Waals surface area (Å²) < 4.78 is 42.5. The van der Waals surface area contributed by atoms with E-state index in [1.807, 2.05) is 0 Å². The van der Waals surface area contributed by atoms with Crippen molar-refractivity contribution in [2.75, 3.05) is 13.1 Å². The molecule has 1 amide bonds. The molecule has 2 aliphatic rings. The highest BCUT2D eigenvalue weighted by molar-refractivity contribution is 5.95. The fourth-order valence-corrected chi connectivity index (χ4v) is 4.06. The Morgan fingerprint density at radius 1 is 1.19 bits per heavy atom. The molecule has 2 fully saturated rings. The van der Waals surface area contributed by atoms with Crippen molar-refractivity contribution >= 4 is 5.91 Å². The Morgan fingerprint density at radius 3 is 2.67 bits per heavy atom. The van der Waals surface area contributed by atoms with Crippen LogP contribution in [0.1, 0.15) is 40.9 Å². The predicted octanol–water partition coefficient (Wildman–Crippen LogP) is 3.17. The first-order chi connectivity index (χ1) is 12.8. The first-order valence-corrected chi connectivity index (χ1v) is 9.11. The summed E-state index contributed by atoms with van der Waals surface area (Å²) >= 11 is 0. The maximum atomic E-state index is 13.9. The standard InChI is InChI=1S/C19H21F3N4O/c1-12-4-2-3-5-16(12)26-17(19(20,21)22)15(10-23-26)18(27)25-9-8-13-6-7-14(11-25)24-13/h2-5,10,13-14,24H,6-9,11H2,1H3. The van der Waals surface area contributed by atoms with E-state index < -0.39 is 17.8 Å². The molecule has 0 saturated carbocycles. The van der Waals surface area contributed by atoms with Gasteiger partial charge in [-0.25, -0.2) is 4.68 Å². The number of halogens is 3. The number of carbonyl (C=O) groups is 1. The van der Waals surface area contributed by atoms with Crippen molar-refractivity contribution in [3.8, 4) is 5.69 Å². The Balaban J connectivity index is 1.73. The number of aryl methyl sites for hydroxylation is 1. The van der Waals surface area contributed by atoms with Gasteiger partial charge in [0.05, 0.1) is 17.4 Å². The minimum Gasteiger partial charge on any atom is -0.337 e. The molecule has 2 saturated heterocycles. The smallest absolute Gasteiger partial charge is 0.337 e. The summed E-state index contributed by atoms with van der Waals surface area (Å²) in [6.45, 7) is 2.61. The van der Waals surface area contributed by atoms with Gasteiger partial charge in [-0.2, -0.15) is 18.3 Å². The van der Waals surface area contributed by atoms with Crippen molar-refractivity contribution in [3.05, 3.63) is 47.3 Å². The van der Waals surface area contributed by atoms with Crippen LogP contribution >= 0.6 is 0 Å². The summed E-state index contributed by atoms with van der Waals surface area (Å²) in [4.78, 5) is 14.5. The largest absolute Gasteiger partial charge is 0.434 e. The summed E-state index contributed by atoms with van der Waals surface area (Å²) in [6.07, 6.45) is -0.870. The van der Waals surface area contributed by atoms with Crippen LogP contribution in [-0.4, -0.2) is 45.8 Å². The van der Waals surface area contributed by atoms with E-state index in [0.717, 1.165) is 30.1 Å². The third-order valence-corrected chi connectivity index (χ3v) is 5.42. The van der Waals surface area contributed by atoms with Gasteiger partial charge in [0.15, 0.2) is 5.69 Å². The first kappa shape index (κ1) is 18.0. The van der Waals surface area contributed by atoms with Crippen LogP contribution in [0.25, 0.3) is 5.69 Å². The molecule has 2 unspecified atom stereocenters. The van der Waals surface area contributed by atoms with Gasteiger partial charge in [-0.1, -0.05) is 18.2 Å². The topological polar surface area (TPSA) is 50.2 Å². The number of benzene rings is 1. The van der Waals surface area contributed by atoms with Crippen molar-refractivity contribution in [1.82, 2.24) is 20.0 Å². The Labute approximate surface area is 155 Å². The average molecular weight is 378 g/mol. The zero-order chi connectivity index (χ0) is 19.2. The number of carbonyl (C=O) groups excluding carboxylic acids is 1. The highest BCUT2D eigenvalue weighted by Crippen LogP contribution is 2.35. The van der Waals surface area contributed by atoms with Crippen molar-refractivity contribution in [2.45, 2.75) is 44.4 Å². The van der Waals surface area contributed by atoms with Crippen molar-refractivity contribution < 1.29 is 18.0 Å². The normalized spacial score (nSPS) is 22.7. The van der Waals surface area contributed by atoms with Crippen LogP contribution in [0.2, 0.25) is 0 Å². The number of hydrogen-bond donors (Lipinski definition) is 1. The van der Waals surface area contributed by atoms with Crippen LogP contribution in [0.3, 0.4) is 0 Å². The number of hydrogen-bond acceptors (Lipinski definition) is 3. The lowest BCUT2D eigenvalue weighted by molar-refractivity contribution is -0.143. The second-order valence-electron chi connectivity index (χ2n) is 7.28. The molecule has 5 nitrogen and oxygen atoms in total. The van der Waals surface area contributed by atoms with Crippen LogP contribution in [0.4, 0.5) is 13.2 Å². The lowest BCUT2D eigenvalue weighted by Crippen LogP contribution is -2.39. The van der Waals surface area contributed by atoms with E-state index in [1.165, 1.54) is 4.90 Å². The Kier molecular flexibility index (Phi) is 4.46. The molecule has 0 spiro atoms. The molecule has 0 aliphatic carbocycles. The summed E-state index contributed by atoms with van der Waals surface area (Å²) in [6, 6.07) is 7.20. The molecule has 144 valence electrons. The number of alkyl halides is 3. The van der Waals surface area contributed by atoms with E-state index in [4.69, 9.17) is 0 Å². The molecule has 2 bridgehead atoms. The number of amides is 1. The molecular weight excluding hydrogens is 357 g/mol. The van der Waals surface area contributed by atoms with Gasteiger partial charge < -0.3 is 10.2 Å². The van der Waals surface area contributed by atoms with Crippen LogP contribution in [0.5, 0.6) is 0 Å². The van der Waals surface area contributed by atoms with Gasteiger partial charge >= 0.3 is 6.18 Å². The molecule has 2 atom stereocenters. The lowest BCUT2D eigenvalue weighted by atomic mass is 10.1. The summed E-state index contributed by atoms with van der Waals surface area (Å²) in [5.74, 6) is -0.600. The molecule has 1 aromatic heterocycles. The Hall–Kier alpha value is -2.35. The summed E-state index contributed by atoms with van der Waals surface area (Å²) in [5, 5.41) is 7.37. The van der Waals surface area contributed by atoms with Gasteiger partial charge in [0.2, 0.25) is 0 Å². The minimum absolute atomic E-state index is 0.155. The van der Waals surface area contributed by atoms with E-state index >= 15 is 0 Å². The third kappa shape index (κ3) is 3.34. The van der Waals surface area contributed by atoms with Crippen molar-refractivity contribution in [1.29, 1.82) is 0 Å². The van der Waals surface area contributed by atoms with Gasteiger partial charge in [-0.15, -0.1) is 0 Å². The average Bonchev–Trinajstić information content (AvgIpc) is 3.18. The van der Waals surface area contributed by atoms with E-state index in [1.54, 1.807) is 31.2 Å². The number of fused-ring (bicyclic) bond motifs is 2. The third-order valence-electron chi connectivity index (χ3n) is 5.42. The maximum Gasteiger partial charge on any atom is 0.434 e. The molecule has 3 heterocycles. The molecule has 1 aromatic carbocycles. The van der Waals surface area contributed by atoms with Crippen LogP contribution in [-0.2, 0) is 6.18 Å². The molecule has 2 aliphatic heterocycles. The van der Waals surface area contributed by atoms with Gasteiger partial charge in [-0.05, 0) is 37.8 Å². The van der Waals surface area contributed by atoms with Gasteiger partial charge in [-0.3, -0.25) is 4.79 Å². The molecule has 8 heteroatoms. The van der Waals surface area contributed by atoms with Crippen LogP contribution in [0.15, 0.2) is 30.5 Å². The number of para-hydroxylation sites is 1. The molecule has 1 N–H and O–H groups in total. The Bertz CT molecular complexity index is 861.